The summed E-state index contributed by atoms with van der Waals surface area (Å²) in [6, 6.07) is 17.7. The summed E-state index contributed by atoms with van der Waals surface area (Å²) in [6.07, 6.45) is 5.29. The number of benzene rings is 2. The molecule has 1 aliphatic carbocycles. The maximum atomic E-state index is 4.05. The molecule has 0 spiro atoms. The molecule has 0 unspecified atom stereocenters. The molecule has 0 radical (unpaired) electrons. The van der Waals surface area contributed by atoms with Gasteiger partial charge in [0.15, 0.2) is 0 Å². The molecule has 2 aromatic carbocycles. The zero-order chi connectivity index (χ0) is 12.4. The van der Waals surface area contributed by atoms with Gasteiger partial charge in [-0.05, 0) is 0 Å². The molecule has 1 heteroatoms. The first-order valence-corrected chi connectivity index (χ1v) is 8.16. The van der Waals surface area contributed by atoms with Crippen molar-refractivity contribution < 1.29 is 21.2 Å². The van der Waals surface area contributed by atoms with Gasteiger partial charge in [-0.15, -0.1) is 0 Å². The van der Waals surface area contributed by atoms with E-state index in [4.69, 9.17) is 0 Å². The molecule has 0 bridgehead atoms. The van der Waals surface area contributed by atoms with E-state index in [2.05, 4.69) is 67.3 Å². The minimum atomic E-state index is -0.0565. The predicted octanol–water partition coefficient (Wildman–Crippen LogP) is 0.940. The van der Waals surface area contributed by atoms with Crippen LogP contribution in [0.25, 0.3) is 6.08 Å². The molecule has 2 aromatic rings. The summed E-state index contributed by atoms with van der Waals surface area (Å²) in [5.41, 5.74) is 3.98. The number of hydrogen-bond acceptors (Lipinski definition) is 0. The molecule has 90 valence electrons. The Bertz CT molecular complexity index is 609. The van der Waals surface area contributed by atoms with Gasteiger partial charge in [0.2, 0.25) is 0 Å². The molecular weight excluding hydrogens is 331 g/mol. The molecule has 0 atom stereocenters. The van der Waals surface area contributed by atoms with E-state index in [1.165, 1.54) is 23.8 Å². The van der Waals surface area contributed by atoms with Crippen molar-refractivity contribution in [1.29, 1.82) is 0 Å². The number of fused-ring (bicyclic) bond motifs is 1. The van der Waals surface area contributed by atoms with Crippen molar-refractivity contribution in [3.8, 4) is 0 Å². The van der Waals surface area contributed by atoms with Gasteiger partial charge in [0.1, 0.15) is 0 Å². The zero-order valence-electron chi connectivity index (χ0n) is 10.1. The van der Waals surface area contributed by atoms with E-state index in [-0.39, 0.29) is 21.2 Å². The summed E-state index contributed by atoms with van der Waals surface area (Å²) in [4.78, 5) is 0. The first kappa shape index (κ1) is 11.7. The van der Waals surface area contributed by atoms with Crippen LogP contribution in [0.1, 0.15) is 11.1 Å². The standard InChI is InChI=1S/C17H14I/c1-13-7-8-14-9-10-17(12-15(14)11-13)18-16-5-3-2-4-6-16/h2-10,12H,1,11H2/q-1. The maximum absolute atomic E-state index is 4.05. The Balaban J connectivity index is 1.89. The molecule has 0 aromatic heterocycles. The Morgan fingerprint density at radius 2 is 1.72 bits per heavy atom. The fourth-order valence-electron chi connectivity index (χ4n) is 2.06. The predicted molar refractivity (Wildman–Crippen MR) is 72.2 cm³/mol. The van der Waals surface area contributed by atoms with E-state index >= 15 is 0 Å². The van der Waals surface area contributed by atoms with Crippen LogP contribution in [0, 0.1) is 7.14 Å². The number of allylic oxidation sites excluding steroid dienone is 2. The fourth-order valence-corrected chi connectivity index (χ4v) is 4.45. The summed E-state index contributed by atoms with van der Waals surface area (Å²) in [6.45, 7) is 4.05. The van der Waals surface area contributed by atoms with Gasteiger partial charge in [-0.2, -0.15) is 0 Å². The van der Waals surface area contributed by atoms with Gasteiger partial charge in [-0.3, -0.25) is 0 Å². The van der Waals surface area contributed by atoms with E-state index in [0.29, 0.717) is 0 Å². The quantitative estimate of drug-likeness (QED) is 0.711. The van der Waals surface area contributed by atoms with Gasteiger partial charge in [0, 0.05) is 0 Å². The Labute approximate surface area is 118 Å². The normalized spacial score (nSPS) is 13.7. The summed E-state index contributed by atoms with van der Waals surface area (Å²) < 4.78 is 2.96. The molecule has 0 heterocycles. The first-order chi connectivity index (χ1) is 8.81. The van der Waals surface area contributed by atoms with E-state index in [1.807, 2.05) is 0 Å². The molecule has 1 aliphatic rings. The van der Waals surface area contributed by atoms with Gasteiger partial charge in [0.25, 0.3) is 0 Å². The van der Waals surface area contributed by atoms with Crippen LogP contribution in [0.2, 0.25) is 0 Å². The third-order valence-electron chi connectivity index (χ3n) is 2.97. The SMILES string of the molecule is C=C1C=Cc2ccc([I-]c3ccccc3)cc2C1. The number of rotatable bonds is 2. The van der Waals surface area contributed by atoms with Crippen LogP contribution in [0.5, 0.6) is 0 Å². The molecule has 3 rings (SSSR count). The van der Waals surface area contributed by atoms with Crippen molar-refractivity contribution >= 4 is 6.08 Å². The first-order valence-electron chi connectivity index (χ1n) is 6.00. The second-order valence-electron chi connectivity index (χ2n) is 4.40. The van der Waals surface area contributed by atoms with Gasteiger partial charge >= 0.3 is 119 Å². The molecule has 0 saturated heterocycles. The summed E-state index contributed by atoms with van der Waals surface area (Å²) in [5.74, 6) is 0. The van der Waals surface area contributed by atoms with Gasteiger partial charge in [-0.25, -0.2) is 0 Å². The monoisotopic (exact) mass is 345 g/mol. The van der Waals surface area contributed by atoms with Crippen molar-refractivity contribution in [1.82, 2.24) is 0 Å². The van der Waals surface area contributed by atoms with Crippen LogP contribution < -0.4 is 21.2 Å². The fraction of sp³-hybridized carbons (Fsp3) is 0.0588. The average Bonchev–Trinajstić information content (AvgIpc) is 2.39. The molecule has 0 aliphatic heterocycles. The van der Waals surface area contributed by atoms with E-state index in [0.717, 1.165) is 6.42 Å². The molecule has 0 saturated carbocycles. The second-order valence-corrected chi connectivity index (χ2v) is 7.43. The summed E-state index contributed by atoms with van der Waals surface area (Å²) in [7, 11) is 0. The van der Waals surface area contributed by atoms with Crippen LogP contribution in [0.3, 0.4) is 0 Å². The van der Waals surface area contributed by atoms with Crippen molar-refractivity contribution in [3.63, 3.8) is 0 Å². The van der Waals surface area contributed by atoms with Gasteiger partial charge in [-0.1, -0.05) is 0 Å². The number of hydrogen-bond donors (Lipinski definition) is 0. The van der Waals surface area contributed by atoms with Crippen molar-refractivity contribution in [2.24, 2.45) is 0 Å². The van der Waals surface area contributed by atoms with Crippen molar-refractivity contribution in [3.05, 3.63) is 85.0 Å². The zero-order valence-corrected chi connectivity index (χ0v) is 12.2. The Morgan fingerprint density at radius 1 is 0.889 bits per heavy atom. The van der Waals surface area contributed by atoms with Crippen LogP contribution >= 0.6 is 0 Å². The summed E-state index contributed by atoms with van der Waals surface area (Å²) >= 11 is -0.0565. The van der Waals surface area contributed by atoms with Crippen LogP contribution in [0.15, 0.2) is 66.8 Å². The molecule has 0 N–H and O–H groups in total. The van der Waals surface area contributed by atoms with Crippen molar-refractivity contribution in [2.75, 3.05) is 0 Å². The number of halogens is 1. The average molecular weight is 345 g/mol. The molecule has 0 fully saturated rings. The van der Waals surface area contributed by atoms with E-state index in [1.54, 1.807) is 0 Å². The van der Waals surface area contributed by atoms with E-state index < -0.39 is 0 Å². The van der Waals surface area contributed by atoms with Crippen molar-refractivity contribution in [2.45, 2.75) is 6.42 Å². The minimum absolute atomic E-state index is 0.0565. The third-order valence-corrected chi connectivity index (χ3v) is 5.61. The molecule has 18 heavy (non-hydrogen) atoms. The second kappa shape index (κ2) is 5.11. The van der Waals surface area contributed by atoms with Crippen LogP contribution in [-0.4, -0.2) is 0 Å². The van der Waals surface area contributed by atoms with Gasteiger partial charge in [0.05, 0.1) is 0 Å². The molecular formula is C17H14I-. The molecule has 0 amide bonds. The van der Waals surface area contributed by atoms with Crippen LogP contribution in [-0.2, 0) is 6.42 Å². The Morgan fingerprint density at radius 3 is 2.56 bits per heavy atom. The Hall–Kier alpha value is -1.35. The topological polar surface area (TPSA) is 0 Å². The Kier molecular flexibility index (Phi) is 3.33. The van der Waals surface area contributed by atoms with Gasteiger partial charge < -0.3 is 0 Å². The molecule has 0 nitrogen and oxygen atoms in total. The van der Waals surface area contributed by atoms with Crippen LogP contribution in [0.4, 0.5) is 0 Å². The van der Waals surface area contributed by atoms with E-state index in [9.17, 15) is 0 Å². The summed E-state index contributed by atoms with van der Waals surface area (Å²) in [5, 5.41) is 0. The third kappa shape index (κ3) is 2.56.